The second-order valence-corrected chi connectivity index (χ2v) is 22.4. The van der Waals surface area contributed by atoms with E-state index in [0.717, 1.165) is 11.8 Å². The first-order chi connectivity index (χ1) is 22.1. The van der Waals surface area contributed by atoms with Crippen LogP contribution in [0.15, 0.2) is 11.8 Å². The molecule has 276 valence electrons. The number of aliphatic hydroxyl groups excluding tert-OH is 1. The molecule has 2 saturated heterocycles. The van der Waals surface area contributed by atoms with Crippen LogP contribution in [0.25, 0.3) is 0 Å². The average Bonchev–Trinajstić information content (AvgIpc) is 2.92. The third-order valence-electron chi connectivity index (χ3n) is 15.2. The van der Waals surface area contributed by atoms with Crippen molar-refractivity contribution < 1.29 is 14.6 Å². The van der Waals surface area contributed by atoms with Crippen LogP contribution in [0.5, 0.6) is 0 Å². The molecule has 13 atom stereocenters. The third-order valence-corrected chi connectivity index (χ3v) is 15.2. The second kappa shape index (κ2) is 12.8. The maximum absolute atomic E-state index is 11.5. The average molecular weight is 668 g/mol. The van der Waals surface area contributed by atoms with Gasteiger partial charge in [-0.25, -0.2) is 0 Å². The highest BCUT2D eigenvalue weighted by Crippen LogP contribution is 2.65. The fourth-order valence-corrected chi connectivity index (χ4v) is 15.1. The molecule has 6 rings (SSSR count). The van der Waals surface area contributed by atoms with Crippen molar-refractivity contribution in [2.75, 3.05) is 7.11 Å². The molecule has 6 aliphatic rings. The van der Waals surface area contributed by atoms with E-state index < -0.39 is 6.29 Å². The lowest BCUT2D eigenvalue weighted by atomic mass is 9.47. The first-order valence-electron chi connectivity index (χ1n) is 20.5. The van der Waals surface area contributed by atoms with Crippen LogP contribution in [-0.4, -0.2) is 41.8 Å². The van der Waals surface area contributed by atoms with Crippen molar-refractivity contribution in [2.24, 2.45) is 86.8 Å². The number of hydrogen-bond acceptors (Lipinski definition) is 4. The summed E-state index contributed by atoms with van der Waals surface area (Å²) in [5, 5.41) is 11.5. The van der Waals surface area contributed by atoms with E-state index in [1.54, 1.807) is 12.8 Å². The number of ether oxygens (including phenoxy) is 2. The summed E-state index contributed by atoms with van der Waals surface area (Å²) in [6.45, 7) is 32.5. The highest BCUT2D eigenvalue weighted by Gasteiger charge is 2.64. The molecule has 0 radical (unpaired) electrons. The lowest BCUT2D eigenvalue weighted by Gasteiger charge is -2.67. The van der Waals surface area contributed by atoms with Gasteiger partial charge in [-0.2, -0.15) is 0 Å². The van der Waals surface area contributed by atoms with Crippen molar-refractivity contribution in [3.8, 4) is 0 Å². The molecule has 3 saturated carbocycles. The second-order valence-electron chi connectivity index (χ2n) is 22.4. The molecular weight excluding hydrogens is 590 g/mol. The van der Waals surface area contributed by atoms with Gasteiger partial charge in [0.15, 0.2) is 12.6 Å². The van der Waals surface area contributed by atoms with Crippen LogP contribution in [0.2, 0.25) is 0 Å². The number of nitrogens with zero attached hydrogens (tertiary/aromatic N) is 1. The Morgan fingerprint density at radius 2 is 1.33 bits per heavy atom. The summed E-state index contributed by atoms with van der Waals surface area (Å²) in [5.41, 5.74) is 3.09. The number of rotatable bonds is 6. The molecule has 4 heteroatoms. The van der Waals surface area contributed by atoms with Crippen LogP contribution in [0.4, 0.5) is 0 Å². The van der Waals surface area contributed by atoms with Gasteiger partial charge in [0.05, 0.1) is 0 Å². The standard InChI is InChI=1S/C44H77NO3/c1-25-21-34-36-30(16-17-31-37(36)35(25)39(46)48-40(31)47-14)32-22-28(43(10,11)23-41(4,5)6)15-18-33(32)45(34)29-19-26(2)38(27(3)20-29)44(12,13)24-42(7,8)9/h18,25-32,34-40,46H,15-17,19-24H2,1-14H3. The number of aliphatic hydroxyl groups is 1. The van der Waals surface area contributed by atoms with E-state index in [2.05, 4.69) is 101 Å². The molecule has 1 N–H and O–H groups in total. The van der Waals surface area contributed by atoms with Crippen LogP contribution in [0, 0.1) is 86.8 Å². The van der Waals surface area contributed by atoms with Crippen molar-refractivity contribution in [1.29, 1.82) is 0 Å². The Labute approximate surface area is 296 Å². The molecule has 2 aliphatic heterocycles. The zero-order chi connectivity index (χ0) is 35.3. The lowest BCUT2D eigenvalue weighted by molar-refractivity contribution is -0.336. The smallest absolute Gasteiger partial charge is 0.163 e. The Morgan fingerprint density at radius 3 is 1.92 bits per heavy atom. The predicted molar refractivity (Wildman–Crippen MR) is 199 cm³/mol. The monoisotopic (exact) mass is 668 g/mol. The summed E-state index contributed by atoms with van der Waals surface area (Å²) in [5.74, 6) is 6.42. The van der Waals surface area contributed by atoms with Crippen LogP contribution in [-0.2, 0) is 9.47 Å². The van der Waals surface area contributed by atoms with Crippen molar-refractivity contribution in [3.05, 3.63) is 11.8 Å². The van der Waals surface area contributed by atoms with E-state index in [-0.39, 0.29) is 12.2 Å². The van der Waals surface area contributed by atoms with E-state index in [9.17, 15) is 5.11 Å². The fourth-order valence-electron chi connectivity index (χ4n) is 15.1. The van der Waals surface area contributed by atoms with E-state index in [4.69, 9.17) is 9.47 Å². The van der Waals surface area contributed by atoms with Crippen LogP contribution in [0.3, 0.4) is 0 Å². The van der Waals surface area contributed by atoms with Gasteiger partial charge < -0.3 is 19.5 Å². The number of hydrogen-bond donors (Lipinski definition) is 1. The van der Waals surface area contributed by atoms with Crippen LogP contribution >= 0.6 is 0 Å². The van der Waals surface area contributed by atoms with Gasteiger partial charge in [0.2, 0.25) is 0 Å². The van der Waals surface area contributed by atoms with Gasteiger partial charge in [0.1, 0.15) is 0 Å². The third kappa shape index (κ3) is 6.73. The molecule has 13 unspecified atom stereocenters. The van der Waals surface area contributed by atoms with Crippen molar-refractivity contribution in [3.63, 3.8) is 0 Å². The van der Waals surface area contributed by atoms with Gasteiger partial charge in [-0.3, -0.25) is 0 Å². The zero-order valence-corrected chi connectivity index (χ0v) is 33.8. The van der Waals surface area contributed by atoms with E-state index in [0.29, 0.717) is 81.1 Å². The molecule has 0 aromatic heterocycles. The van der Waals surface area contributed by atoms with Crippen molar-refractivity contribution in [2.45, 2.75) is 172 Å². The number of likely N-dealkylation sites (tertiary alicyclic amines) is 1. The molecule has 0 aromatic carbocycles. The normalized spacial score (nSPS) is 45.3. The quantitative estimate of drug-likeness (QED) is 0.306. The molecule has 2 heterocycles. The van der Waals surface area contributed by atoms with Gasteiger partial charge >= 0.3 is 0 Å². The molecule has 5 fully saturated rings. The summed E-state index contributed by atoms with van der Waals surface area (Å²) in [6.07, 6.45) is 13.2. The summed E-state index contributed by atoms with van der Waals surface area (Å²) in [4.78, 5) is 3.12. The molecule has 0 aromatic rings. The minimum atomic E-state index is -0.707. The maximum Gasteiger partial charge on any atom is 0.163 e. The Kier molecular flexibility index (Phi) is 9.93. The zero-order valence-electron chi connectivity index (χ0n) is 33.8. The van der Waals surface area contributed by atoms with Crippen molar-refractivity contribution >= 4 is 0 Å². The Bertz CT molecular complexity index is 1160. The topological polar surface area (TPSA) is 41.9 Å². The molecular formula is C44H77NO3. The highest BCUT2D eigenvalue weighted by atomic mass is 16.7. The Morgan fingerprint density at radius 1 is 0.750 bits per heavy atom. The maximum atomic E-state index is 11.5. The number of methoxy groups -OCH3 is 1. The minimum Gasteiger partial charge on any atom is -0.369 e. The Hall–Kier alpha value is -0.580. The van der Waals surface area contributed by atoms with E-state index in [1.807, 2.05) is 0 Å². The summed E-state index contributed by atoms with van der Waals surface area (Å²) >= 11 is 0. The SMILES string of the molecule is COC1OC(O)C2C(C)CC3C4C(CCC1C24)C1CC(C(C)(C)CC(C)(C)C)CC=C1N3C1CC(C)C(C(C)(C)CC(C)(C)C)C(C)C1. The van der Waals surface area contributed by atoms with Crippen LogP contribution in [0.1, 0.15) is 148 Å². The molecule has 4 aliphatic carbocycles. The Balaban J connectivity index is 1.39. The van der Waals surface area contributed by atoms with Crippen LogP contribution < -0.4 is 0 Å². The number of piperidine rings is 1. The summed E-state index contributed by atoms with van der Waals surface area (Å²) < 4.78 is 12.3. The first-order valence-corrected chi connectivity index (χ1v) is 20.5. The van der Waals surface area contributed by atoms with Gasteiger partial charge in [-0.05, 0) is 127 Å². The van der Waals surface area contributed by atoms with Gasteiger partial charge in [0.25, 0.3) is 0 Å². The largest absolute Gasteiger partial charge is 0.369 e. The fraction of sp³-hybridized carbons (Fsp3) is 0.955. The van der Waals surface area contributed by atoms with Gasteiger partial charge in [-0.15, -0.1) is 0 Å². The summed E-state index contributed by atoms with van der Waals surface area (Å²) in [6, 6.07) is 1.18. The lowest BCUT2D eigenvalue weighted by Crippen LogP contribution is -2.68. The molecule has 0 amide bonds. The minimum absolute atomic E-state index is 0.223. The molecule has 0 spiro atoms. The van der Waals surface area contributed by atoms with E-state index >= 15 is 0 Å². The van der Waals surface area contributed by atoms with Gasteiger partial charge in [-0.1, -0.05) is 96.1 Å². The first kappa shape index (κ1) is 37.2. The molecule has 4 nitrogen and oxygen atoms in total. The van der Waals surface area contributed by atoms with Gasteiger partial charge in [0, 0.05) is 42.6 Å². The number of fused-ring (bicyclic) bond motifs is 2. The van der Waals surface area contributed by atoms with Crippen molar-refractivity contribution in [1.82, 2.24) is 4.90 Å². The molecule has 0 bridgehead atoms. The highest BCUT2D eigenvalue weighted by molar-refractivity contribution is 5.24. The van der Waals surface area contributed by atoms with E-state index in [1.165, 1.54) is 57.8 Å². The number of allylic oxidation sites excluding steroid dienone is 2. The molecule has 48 heavy (non-hydrogen) atoms. The predicted octanol–water partition coefficient (Wildman–Crippen LogP) is 10.8. The summed E-state index contributed by atoms with van der Waals surface area (Å²) in [7, 11) is 1.80.